The summed E-state index contributed by atoms with van der Waals surface area (Å²) >= 11 is 1.19. The number of nitrogens with one attached hydrogen (secondary N) is 1. The number of thioether (sulfide) groups is 1. The van der Waals surface area contributed by atoms with Gasteiger partial charge in [-0.15, -0.1) is 0 Å². The zero-order valence-electron chi connectivity index (χ0n) is 27.2. The van der Waals surface area contributed by atoms with Gasteiger partial charge in [0, 0.05) is 48.3 Å². The van der Waals surface area contributed by atoms with Crippen molar-refractivity contribution in [1.82, 2.24) is 19.9 Å². The summed E-state index contributed by atoms with van der Waals surface area (Å²) in [7, 11) is 0. The molecule has 2 N–H and O–H groups in total. The van der Waals surface area contributed by atoms with Gasteiger partial charge in [-0.1, -0.05) is 75.0 Å². The number of aromatic nitrogens is 3. The first-order chi connectivity index (χ1) is 22.7. The standard InChI is InChI=1S/C38H40N4O4S/c1-5-11-34-41-35-25(4)19-28(36(43)40-29(18-24(2)3)23-47-38(46)26-13-10-17-39-21-26)20-33(35)42(34)22-27-12-6-7-14-30(27)31-15-8-9-16-32(31)37(44)45/h6-10,12-17,19-21,24,29H,5,11,18,22-23H2,1-4H3,(H,40,43)(H,44,45)/t29-/m1/s1. The van der Waals surface area contributed by atoms with Gasteiger partial charge in [0.25, 0.3) is 5.91 Å². The van der Waals surface area contributed by atoms with E-state index >= 15 is 0 Å². The zero-order chi connectivity index (χ0) is 33.5. The van der Waals surface area contributed by atoms with Crippen LogP contribution in [0, 0.1) is 12.8 Å². The third-order valence-corrected chi connectivity index (χ3v) is 9.12. The maximum Gasteiger partial charge on any atom is 0.336 e. The van der Waals surface area contributed by atoms with Crippen LogP contribution in [0.1, 0.15) is 81.6 Å². The molecule has 0 bridgehead atoms. The number of aromatic carboxylic acids is 1. The third-order valence-electron chi connectivity index (χ3n) is 8.06. The summed E-state index contributed by atoms with van der Waals surface area (Å²) < 4.78 is 2.15. The van der Waals surface area contributed by atoms with Crippen LogP contribution in [-0.4, -0.2) is 48.4 Å². The molecule has 9 heteroatoms. The number of imidazole rings is 1. The van der Waals surface area contributed by atoms with Crippen LogP contribution in [0.5, 0.6) is 0 Å². The number of aryl methyl sites for hydroxylation is 2. The van der Waals surface area contributed by atoms with Gasteiger partial charge < -0.3 is 15.0 Å². The lowest BCUT2D eigenvalue weighted by Crippen LogP contribution is -2.38. The highest BCUT2D eigenvalue weighted by molar-refractivity contribution is 8.14. The van der Waals surface area contributed by atoms with E-state index in [1.54, 1.807) is 36.7 Å². The molecular formula is C38H40N4O4S. The molecule has 0 aliphatic heterocycles. The van der Waals surface area contributed by atoms with E-state index in [1.165, 1.54) is 11.8 Å². The Balaban J connectivity index is 1.47. The van der Waals surface area contributed by atoms with Crippen molar-refractivity contribution in [2.45, 2.75) is 59.5 Å². The highest BCUT2D eigenvalue weighted by Crippen LogP contribution is 2.30. The minimum atomic E-state index is -0.975. The van der Waals surface area contributed by atoms with E-state index in [0.717, 1.165) is 52.8 Å². The molecule has 3 aromatic carbocycles. The van der Waals surface area contributed by atoms with Crippen LogP contribution in [0.3, 0.4) is 0 Å². The summed E-state index contributed by atoms with van der Waals surface area (Å²) in [5.41, 5.74) is 6.35. The number of nitrogens with zero attached hydrogens (tertiary/aromatic N) is 3. The lowest BCUT2D eigenvalue weighted by Gasteiger charge is -2.20. The van der Waals surface area contributed by atoms with Crippen LogP contribution >= 0.6 is 11.8 Å². The van der Waals surface area contributed by atoms with E-state index in [-0.39, 0.29) is 22.6 Å². The van der Waals surface area contributed by atoms with Crippen molar-refractivity contribution in [1.29, 1.82) is 0 Å². The van der Waals surface area contributed by atoms with Gasteiger partial charge in [-0.2, -0.15) is 0 Å². The van der Waals surface area contributed by atoms with Crippen LogP contribution in [0.15, 0.2) is 85.2 Å². The van der Waals surface area contributed by atoms with Gasteiger partial charge in [-0.3, -0.25) is 14.6 Å². The summed E-state index contributed by atoms with van der Waals surface area (Å²) in [5, 5.41) is 13.0. The molecule has 0 aliphatic carbocycles. The predicted molar refractivity (Wildman–Crippen MR) is 188 cm³/mol. The van der Waals surface area contributed by atoms with E-state index in [0.29, 0.717) is 34.9 Å². The largest absolute Gasteiger partial charge is 0.478 e. The number of hydrogen-bond acceptors (Lipinski definition) is 6. The second-order valence-electron chi connectivity index (χ2n) is 12.2. The van der Waals surface area contributed by atoms with Crippen molar-refractivity contribution in [2.75, 3.05) is 5.75 Å². The minimum Gasteiger partial charge on any atom is -0.478 e. The Morgan fingerprint density at radius 2 is 1.70 bits per heavy atom. The summed E-state index contributed by atoms with van der Waals surface area (Å²) in [5.74, 6) is 0.509. The number of carboxylic acids is 1. The van der Waals surface area contributed by atoms with E-state index in [9.17, 15) is 19.5 Å². The SMILES string of the molecule is CCCc1nc2c(C)cc(C(=O)N[C@@H](CSC(=O)c3cccnc3)CC(C)C)cc2n1Cc1ccccc1-c1ccccc1C(=O)O. The summed E-state index contributed by atoms with van der Waals surface area (Å²) in [6.45, 7) is 8.74. The number of carbonyl (C=O) groups is 3. The van der Waals surface area contributed by atoms with Gasteiger partial charge >= 0.3 is 5.97 Å². The van der Waals surface area contributed by atoms with E-state index < -0.39 is 5.97 Å². The van der Waals surface area contributed by atoms with Crippen LogP contribution in [-0.2, 0) is 13.0 Å². The number of carboxylic acid groups (broad SMARTS) is 1. The Hall–Kier alpha value is -4.76. The van der Waals surface area contributed by atoms with Gasteiger partial charge in [0.1, 0.15) is 5.82 Å². The summed E-state index contributed by atoms with van der Waals surface area (Å²) in [6, 6.07) is 21.9. The van der Waals surface area contributed by atoms with Gasteiger partial charge in [0.15, 0.2) is 0 Å². The van der Waals surface area contributed by atoms with E-state index in [1.807, 2.05) is 55.5 Å². The van der Waals surface area contributed by atoms with Crippen molar-refractivity contribution in [2.24, 2.45) is 5.92 Å². The Morgan fingerprint density at radius 1 is 0.957 bits per heavy atom. The molecule has 242 valence electrons. The van der Waals surface area contributed by atoms with Crippen LogP contribution in [0.2, 0.25) is 0 Å². The number of carbonyl (C=O) groups excluding carboxylic acids is 2. The van der Waals surface area contributed by atoms with Gasteiger partial charge in [-0.25, -0.2) is 9.78 Å². The molecule has 0 aliphatic rings. The lowest BCUT2D eigenvalue weighted by atomic mass is 9.95. The molecule has 1 atom stereocenters. The predicted octanol–water partition coefficient (Wildman–Crippen LogP) is 7.82. The second-order valence-corrected chi connectivity index (χ2v) is 13.2. The van der Waals surface area contributed by atoms with E-state index in [2.05, 4.69) is 35.6 Å². The number of hydrogen-bond donors (Lipinski definition) is 2. The number of fused-ring (bicyclic) bond motifs is 1. The molecule has 5 aromatic rings. The second kappa shape index (κ2) is 15.2. The van der Waals surface area contributed by atoms with Crippen molar-refractivity contribution in [3.8, 4) is 11.1 Å². The summed E-state index contributed by atoms with van der Waals surface area (Å²) in [6.07, 6.45) is 5.57. The fourth-order valence-electron chi connectivity index (χ4n) is 5.91. The maximum absolute atomic E-state index is 13.8. The first-order valence-electron chi connectivity index (χ1n) is 15.9. The minimum absolute atomic E-state index is 0.0722. The molecule has 2 heterocycles. The topological polar surface area (TPSA) is 114 Å². The first-order valence-corrected chi connectivity index (χ1v) is 16.9. The number of pyridine rings is 1. The lowest BCUT2D eigenvalue weighted by molar-refractivity contribution is 0.0697. The smallest absolute Gasteiger partial charge is 0.336 e. The van der Waals surface area contributed by atoms with E-state index in [4.69, 9.17) is 4.98 Å². The Kier molecular flexibility index (Phi) is 10.9. The highest BCUT2D eigenvalue weighted by Gasteiger charge is 2.22. The fraction of sp³-hybridized carbons (Fsp3) is 0.289. The Morgan fingerprint density at radius 3 is 2.40 bits per heavy atom. The molecule has 0 saturated carbocycles. The molecule has 0 unspecified atom stereocenters. The number of rotatable bonds is 13. The molecule has 1 amide bonds. The molecule has 5 rings (SSSR count). The Bertz CT molecular complexity index is 1900. The normalized spacial score (nSPS) is 11.9. The highest BCUT2D eigenvalue weighted by atomic mass is 32.2. The molecule has 2 aromatic heterocycles. The molecule has 47 heavy (non-hydrogen) atoms. The van der Waals surface area contributed by atoms with Gasteiger partial charge in [-0.05, 0) is 78.3 Å². The number of benzene rings is 3. The average Bonchev–Trinajstić information content (AvgIpc) is 3.41. The van der Waals surface area contributed by atoms with Gasteiger partial charge in [0.2, 0.25) is 5.12 Å². The maximum atomic E-state index is 13.8. The zero-order valence-corrected chi connectivity index (χ0v) is 28.0. The molecule has 0 fully saturated rings. The van der Waals surface area contributed by atoms with Crippen LogP contribution in [0.4, 0.5) is 0 Å². The van der Waals surface area contributed by atoms with Crippen molar-refractivity contribution in [3.05, 3.63) is 119 Å². The van der Waals surface area contributed by atoms with Gasteiger partial charge in [0.05, 0.1) is 16.6 Å². The quantitative estimate of drug-likeness (QED) is 0.134. The molecule has 0 radical (unpaired) electrons. The average molecular weight is 649 g/mol. The van der Waals surface area contributed by atoms with Crippen molar-refractivity contribution >= 4 is 39.8 Å². The molecular weight excluding hydrogens is 609 g/mol. The van der Waals surface area contributed by atoms with Crippen LogP contribution < -0.4 is 5.32 Å². The first kappa shape index (κ1) is 33.6. The fourth-order valence-corrected chi connectivity index (χ4v) is 6.77. The summed E-state index contributed by atoms with van der Waals surface area (Å²) in [4.78, 5) is 47.7. The molecule has 0 saturated heterocycles. The molecule has 0 spiro atoms. The van der Waals surface area contributed by atoms with Crippen molar-refractivity contribution < 1.29 is 19.5 Å². The van der Waals surface area contributed by atoms with Crippen molar-refractivity contribution in [3.63, 3.8) is 0 Å². The third kappa shape index (κ3) is 7.97. The Labute approximate surface area is 279 Å². The number of amides is 1. The molecule has 8 nitrogen and oxygen atoms in total. The van der Waals surface area contributed by atoms with Crippen LogP contribution in [0.25, 0.3) is 22.2 Å². The monoisotopic (exact) mass is 648 g/mol.